The Morgan fingerprint density at radius 2 is 2.29 bits per heavy atom. The van der Waals surface area contributed by atoms with Crippen LogP contribution in [0.1, 0.15) is 12.6 Å². The van der Waals surface area contributed by atoms with Crippen molar-refractivity contribution in [3.8, 4) is 0 Å². The molecular formula is C9H15F2N3. The number of hydrogen-bond donors (Lipinski definition) is 1. The van der Waals surface area contributed by atoms with E-state index in [2.05, 4.69) is 10.4 Å². The van der Waals surface area contributed by atoms with Gasteiger partial charge in [-0.3, -0.25) is 4.68 Å². The molecule has 0 amide bonds. The first kappa shape index (κ1) is 11.1. The second-order valence-electron chi connectivity index (χ2n) is 3.29. The van der Waals surface area contributed by atoms with E-state index in [1.807, 2.05) is 0 Å². The van der Waals surface area contributed by atoms with Crippen LogP contribution >= 0.6 is 0 Å². The van der Waals surface area contributed by atoms with E-state index in [1.54, 1.807) is 26.1 Å². The molecule has 0 aliphatic rings. The zero-order chi connectivity index (χ0) is 10.6. The third-order valence-electron chi connectivity index (χ3n) is 1.80. The van der Waals surface area contributed by atoms with Crippen molar-refractivity contribution in [3.63, 3.8) is 0 Å². The van der Waals surface area contributed by atoms with E-state index in [9.17, 15) is 8.78 Å². The lowest BCUT2D eigenvalue weighted by Gasteiger charge is -2.16. The van der Waals surface area contributed by atoms with E-state index in [0.717, 1.165) is 5.69 Å². The van der Waals surface area contributed by atoms with Gasteiger partial charge < -0.3 is 5.32 Å². The van der Waals surface area contributed by atoms with E-state index in [0.29, 0.717) is 6.54 Å². The van der Waals surface area contributed by atoms with Crippen LogP contribution in [0.4, 0.5) is 8.78 Å². The zero-order valence-electron chi connectivity index (χ0n) is 8.43. The van der Waals surface area contributed by atoms with Gasteiger partial charge in [0.1, 0.15) is 6.54 Å². The molecule has 3 nitrogen and oxygen atoms in total. The zero-order valence-corrected chi connectivity index (χ0v) is 8.43. The fourth-order valence-corrected chi connectivity index (χ4v) is 1.15. The third kappa shape index (κ3) is 3.41. The minimum Gasteiger partial charge on any atom is -0.311 e. The van der Waals surface area contributed by atoms with E-state index in [1.165, 1.54) is 4.68 Å². The molecule has 0 aliphatic heterocycles. The molecule has 1 rings (SSSR count). The number of hydrogen-bond acceptors (Lipinski definition) is 2. The van der Waals surface area contributed by atoms with Crippen molar-refractivity contribution in [3.05, 3.63) is 18.0 Å². The second-order valence-corrected chi connectivity index (χ2v) is 3.29. The summed E-state index contributed by atoms with van der Waals surface area (Å²) in [5, 5.41) is 6.54. The van der Waals surface area contributed by atoms with Gasteiger partial charge in [-0.05, 0) is 19.5 Å². The van der Waals surface area contributed by atoms with Crippen molar-refractivity contribution in [1.82, 2.24) is 15.1 Å². The third-order valence-corrected chi connectivity index (χ3v) is 1.80. The number of halogens is 2. The number of nitrogens with one attached hydrogen (secondary N) is 1. The van der Waals surface area contributed by atoms with Gasteiger partial charge in [0, 0.05) is 6.20 Å². The highest BCUT2D eigenvalue weighted by molar-refractivity contribution is 4.95. The molecule has 0 aliphatic carbocycles. The molecule has 1 aromatic rings. The number of aromatic nitrogens is 2. The number of aryl methyl sites for hydroxylation is 1. The minimum atomic E-state index is -2.74. The maximum Gasteiger partial charge on any atom is 0.279 e. The summed E-state index contributed by atoms with van der Waals surface area (Å²) in [5.74, 6) is -2.74. The maximum atomic E-state index is 13.2. The van der Waals surface area contributed by atoms with Crippen LogP contribution in [-0.2, 0) is 6.54 Å². The summed E-state index contributed by atoms with van der Waals surface area (Å²) >= 11 is 0. The molecular weight excluding hydrogens is 188 g/mol. The molecule has 0 saturated heterocycles. The first-order valence-electron chi connectivity index (χ1n) is 4.62. The lowest BCUT2D eigenvalue weighted by Crippen LogP contribution is -2.36. The molecule has 0 unspecified atom stereocenters. The predicted octanol–water partition coefficient (Wildman–Crippen LogP) is 1.44. The van der Waals surface area contributed by atoms with Crippen molar-refractivity contribution in [2.45, 2.75) is 26.3 Å². The van der Waals surface area contributed by atoms with Gasteiger partial charge in [0.25, 0.3) is 5.92 Å². The van der Waals surface area contributed by atoms with Crippen LogP contribution in [0.15, 0.2) is 12.3 Å². The van der Waals surface area contributed by atoms with Crippen molar-refractivity contribution in [1.29, 1.82) is 0 Å². The molecule has 0 bridgehead atoms. The summed E-state index contributed by atoms with van der Waals surface area (Å²) in [6.45, 7) is 3.46. The second kappa shape index (κ2) is 4.50. The SMILES string of the molecule is CCNCC(F)(F)Cn1ccc(C)n1. The number of rotatable bonds is 5. The van der Waals surface area contributed by atoms with Crippen molar-refractivity contribution >= 4 is 0 Å². The van der Waals surface area contributed by atoms with E-state index < -0.39 is 5.92 Å². The average Bonchev–Trinajstić information content (AvgIpc) is 2.47. The highest BCUT2D eigenvalue weighted by Gasteiger charge is 2.28. The van der Waals surface area contributed by atoms with E-state index in [-0.39, 0.29) is 13.1 Å². The van der Waals surface area contributed by atoms with Crippen LogP contribution in [0.2, 0.25) is 0 Å². The largest absolute Gasteiger partial charge is 0.311 e. The standard InChI is InChI=1S/C9H15F2N3/c1-3-12-6-9(10,11)7-14-5-4-8(2)13-14/h4-5,12H,3,6-7H2,1-2H3. The molecule has 0 atom stereocenters. The Labute approximate surface area is 82.1 Å². The average molecular weight is 203 g/mol. The van der Waals surface area contributed by atoms with Crippen molar-refractivity contribution in [2.24, 2.45) is 0 Å². The fourth-order valence-electron chi connectivity index (χ4n) is 1.15. The van der Waals surface area contributed by atoms with E-state index in [4.69, 9.17) is 0 Å². The van der Waals surface area contributed by atoms with Crippen LogP contribution < -0.4 is 5.32 Å². The fraction of sp³-hybridized carbons (Fsp3) is 0.667. The van der Waals surface area contributed by atoms with Crippen molar-refractivity contribution in [2.75, 3.05) is 13.1 Å². The summed E-state index contributed by atoms with van der Waals surface area (Å²) in [6.07, 6.45) is 1.56. The van der Waals surface area contributed by atoms with Crippen LogP contribution in [0.25, 0.3) is 0 Å². The minimum absolute atomic E-state index is 0.303. The molecule has 0 radical (unpaired) electrons. The Morgan fingerprint density at radius 1 is 1.57 bits per heavy atom. The molecule has 1 N–H and O–H groups in total. The summed E-state index contributed by atoms with van der Waals surface area (Å²) in [5.41, 5.74) is 0.754. The summed E-state index contributed by atoms with van der Waals surface area (Å²) in [4.78, 5) is 0. The van der Waals surface area contributed by atoms with Gasteiger partial charge in [0.2, 0.25) is 0 Å². The Balaban J connectivity index is 2.49. The Kier molecular flexibility index (Phi) is 3.57. The molecule has 14 heavy (non-hydrogen) atoms. The summed E-state index contributed by atoms with van der Waals surface area (Å²) in [7, 11) is 0. The summed E-state index contributed by atoms with van der Waals surface area (Å²) < 4.78 is 27.6. The van der Waals surface area contributed by atoms with Gasteiger partial charge in [0.15, 0.2) is 0 Å². The van der Waals surface area contributed by atoms with Gasteiger partial charge in [0.05, 0.1) is 12.2 Å². The van der Waals surface area contributed by atoms with Gasteiger partial charge >= 0.3 is 0 Å². The topological polar surface area (TPSA) is 29.9 Å². The molecule has 0 aromatic carbocycles. The monoisotopic (exact) mass is 203 g/mol. The Hall–Kier alpha value is -0.970. The summed E-state index contributed by atoms with van der Waals surface area (Å²) in [6, 6.07) is 1.71. The van der Waals surface area contributed by atoms with Crippen LogP contribution in [0.3, 0.4) is 0 Å². The molecule has 0 spiro atoms. The van der Waals surface area contributed by atoms with Crippen molar-refractivity contribution < 1.29 is 8.78 Å². The van der Waals surface area contributed by atoms with Gasteiger partial charge in [-0.15, -0.1) is 0 Å². The Bertz CT molecular complexity index is 283. The molecule has 0 fully saturated rings. The highest BCUT2D eigenvalue weighted by atomic mass is 19.3. The lowest BCUT2D eigenvalue weighted by molar-refractivity contribution is -0.0175. The molecule has 0 saturated carbocycles. The molecule has 5 heteroatoms. The maximum absolute atomic E-state index is 13.2. The predicted molar refractivity (Wildman–Crippen MR) is 50.5 cm³/mol. The van der Waals surface area contributed by atoms with Crippen LogP contribution in [0.5, 0.6) is 0 Å². The smallest absolute Gasteiger partial charge is 0.279 e. The van der Waals surface area contributed by atoms with E-state index >= 15 is 0 Å². The normalized spacial score (nSPS) is 12.0. The quantitative estimate of drug-likeness (QED) is 0.784. The highest BCUT2D eigenvalue weighted by Crippen LogP contribution is 2.14. The first-order valence-corrected chi connectivity index (χ1v) is 4.62. The van der Waals surface area contributed by atoms with Gasteiger partial charge in [-0.2, -0.15) is 5.10 Å². The molecule has 1 aromatic heterocycles. The molecule has 1 heterocycles. The van der Waals surface area contributed by atoms with Crippen LogP contribution in [0, 0.1) is 6.92 Å². The Morgan fingerprint density at radius 3 is 2.79 bits per heavy atom. The number of nitrogens with zero attached hydrogens (tertiary/aromatic N) is 2. The van der Waals surface area contributed by atoms with Crippen LogP contribution in [-0.4, -0.2) is 28.8 Å². The molecule has 80 valence electrons. The van der Waals surface area contributed by atoms with Gasteiger partial charge in [-0.25, -0.2) is 8.78 Å². The first-order chi connectivity index (χ1) is 6.53. The van der Waals surface area contributed by atoms with Gasteiger partial charge in [-0.1, -0.05) is 6.92 Å². The number of alkyl halides is 2. The lowest BCUT2D eigenvalue weighted by atomic mass is 10.3.